The smallest absolute Gasteiger partial charge is 0.247 e. The summed E-state index contributed by atoms with van der Waals surface area (Å²) in [6.45, 7) is 0. The summed E-state index contributed by atoms with van der Waals surface area (Å²) in [5.41, 5.74) is 3.53. The lowest BCUT2D eigenvalue weighted by atomic mass is 9.87. The van der Waals surface area contributed by atoms with Gasteiger partial charge in [0, 0.05) is 18.4 Å². The first-order valence-electron chi connectivity index (χ1n) is 9.54. The summed E-state index contributed by atoms with van der Waals surface area (Å²) in [6.07, 6.45) is 4.98. The summed E-state index contributed by atoms with van der Waals surface area (Å²) >= 11 is 0. The first-order chi connectivity index (χ1) is 13.3. The molecule has 1 aliphatic carbocycles. The van der Waals surface area contributed by atoms with Crippen molar-refractivity contribution in [3.8, 4) is 11.5 Å². The molecule has 1 amide bonds. The van der Waals surface area contributed by atoms with Crippen LogP contribution in [0, 0.1) is 0 Å². The van der Waals surface area contributed by atoms with Crippen molar-refractivity contribution in [2.75, 3.05) is 0 Å². The third-order valence-electron chi connectivity index (χ3n) is 4.99. The molecule has 0 spiro atoms. The molecule has 5 heteroatoms. The van der Waals surface area contributed by atoms with E-state index in [1.807, 2.05) is 36.4 Å². The average molecular weight is 361 g/mol. The van der Waals surface area contributed by atoms with Gasteiger partial charge in [-0.15, -0.1) is 10.2 Å². The van der Waals surface area contributed by atoms with E-state index >= 15 is 0 Å². The van der Waals surface area contributed by atoms with Crippen LogP contribution in [0.2, 0.25) is 0 Å². The lowest BCUT2D eigenvalue weighted by Crippen LogP contribution is -2.30. The summed E-state index contributed by atoms with van der Waals surface area (Å²) in [7, 11) is 0. The minimum atomic E-state index is 0.0829. The molecule has 1 unspecified atom stereocenters. The Kier molecular flexibility index (Phi) is 5.28. The number of amides is 1. The van der Waals surface area contributed by atoms with Crippen LogP contribution in [0.25, 0.3) is 11.5 Å². The van der Waals surface area contributed by atoms with Crippen LogP contribution in [-0.2, 0) is 17.6 Å². The van der Waals surface area contributed by atoms with E-state index in [-0.39, 0.29) is 11.9 Å². The zero-order chi connectivity index (χ0) is 18.5. The number of rotatable bonds is 6. The lowest BCUT2D eigenvalue weighted by molar-refractivity contribution is -0.122. The van der Waals surface area contributed by atoms with Gasteiger partial charge in [-0.25, -0.2) is 0 Å². The SMILES string of the molecule is O=C(CCCc1nnc(-c2ccccc2)o1)NC1CCCc2ccccc21. The van der Waals surface area contributed by atoms with Gasteiger partial charge in [0.15, 0.2) is 0 Å². The Morgan fingerprint density at radius 3 is 2.78 bits per heavy atom. The van der Waals surface area contributed by atoms with E-state index in [1.54, 1.807) is 0 Å². The quantitative estimate of drug-likeness (QED) is 0.712. The van der Waals surface area contributed by atoms with Crippen LogP contribution in [0.15, 0.2) is 59.0 Å². The van der Waals surface area contributed by atoms with E-state index in [0.29, 0.717) is 31.0 Å². The largest absolute Gasteiger partial charge is 0.421 e. The zero-order valence-electron chi connectivity index (χ0n) is 15.2. The van der Waals surface area contributed by atoms with Crippen LogP contribution in [0.4, 0.5) is 0 Å². The standard InChI is InChI=1S/C22H23N3O2/c26-20(23-19-13-6-11-16-8-4-5-12-18(16)19)14-7-15-21-24-25-22(27-21)17-9-2-1-3-10-17/h1-5,8-10,12,19H,6-7,11,13-15H2,(H,23,26). The van der Waals surface area contributed by atoms with Crippen molar-refractivity contribution < 1.29 is 9.21 Å². The fourth-order valence-corrected chi connectivity index (χ4v) is 3.62. The van der Waals surface area contributed by atoms with E-state index in [1.165, 1.54) is 11.1 Å². The molecular weight excluding hydrogens is 338 g/mol. The van der Waals surface area contributed by atoms with Crippen molar-refractivity contribution in [2.45, 2.75) is 44.6 Å². The van der Waals surface area contributed by atoms with Crippen molar-refractivity contribution in [1.29, 1.82) is 0 Å². The third kappa shape index (κ3) is 4.25. The minimum Gasteiger partial charge on any atom is -0.421 e. The maximum Gasteiger partial charge on any atom is 0.247 e. The molecule has 0 radical (unpaired) electrons. The van der Waals surface area contributed by atoms with Gasteiger partial charge < -0.3 is 9.73 Å². The van der Waals surface area contributed by atoms with Crippen LogP contribution in [0.3, 0.4) is 0 Å². The molecule has 1 aromatic heterocycles. The predicted octanol–water partition coefficient (Wildman–Crippen LogP) is 4.25. The fraction of sp³-hybridized carbons (Fsp3) is 0.318. The molecule has 27 heavy (non-hydrogen) atoms. The first-order valence-corrected chi connectivity index (χ1v) is 9.54. The highest BCUT2D eigenvalue weighted by Crippen LogP contribution is 2.29. The van der Waals surface area contributed by atoms with Gasteiger partial charge in [0.2, 0.25) is 17.7 Å². The molecule has 3 aromatic rings. The molecule has 0 fully saturated rings. The van der Waals surface area contributed by atoms with Crippen molar-refractivity contribution >= 4 is 5.91 Å². The topological polar surface area (TPSA) is 68.0 Å². The molecule has 4 rings (SSSR count). The van der Waals surface area contributed by atoms with Gasteiger partial charge in [0.25, 0.3) is 0 Å². The van der Waals surface area contributed by atoms with E-state index in [0.717, 1.165) is 24.8 Å². The van der Waals surface area contributed by atoms with Gasteiger partial charge in [0.1, 0.15) is 0 Å². The molecule has 1 N–H and O–H groups in total. The second-order valence-corrected chi connectivity index (χ2v) is 6.93. The van der Waals surface area contributed by atoms with Crippen LogP contribution < -0.4 is 5.32 Å². The van der Waals surface area contributed by atoms with Crippen LogP contribution in [0.1, 0.15) is 48.7 Å². The van der Waals surface area contributed by atoms with Crippen molar-refractivity contribution in [3.63, 3.8) is 0 Å². The summed E-state index contributed by atoms with van der Waals surface area (Å²) < 4.78 is 5.69. The average Bonchev–Trinajstić information content (AvgIpc) is 3.18. The number of hydrogen-bond donors (Lipinski definition) is 1. The molecule has 0 saturated heterocycles. The summed E-state index contributed by atoms with van der Waals surface area (Å²) in [5, 5.41) is 11.4. The maximum absolute atomic E-state index is 12.4. The Balaban J connectivity index is 1.28. The summed E-state index contributed by atoms with van der Waals surface area (Å²) in [4.78, 5) is 12.4. The van der Waals surface area contributed by atoms with E-state index in [9.17, 15) is 4.79 Å². The Bertz CT molecular complexity index is 905. The molecule has 138 valence electrons. The Morgan fingerprint density at radius 2 is 1.89 bits per heavy atom. The second kappa shape index (κ2) is 8.16. The number of nitrogens with zero attached hydrogens (tertiary/aromatic N) is 2. The molecule has 2 aromatic carbocycles. The molecule has 0 aliphatic heterocycles. The lowest BCUT2D eigenvalue weighted by Gasteiger charge is -2.26. The molecule has 0 bridgehead atoms. The van der Waals surface area contributed by atoms with Gasteiger partial charge in [-0.2, -0.15) is 0 Å². The fourth-order valence-electron chi connectivity index (χ4n) is 3.62. The molecule has 5 nitrogen and oxygen atoms in total. The van der Waals surface area contributed by atoms with Gasteiger partial charge in [-0.3, -0.25) is 4.79 Å². The number of benzene rings is 2. The number of aromatic nitrogens is 2. The van der Waals surface area contributed by atoms with Gasteiger partial charge >= 0.3 is 0 Å². The van der Waals surface area contributed by atoms with Gasteiger partial charge in [0.05, 0.1) is 6.04 Å². The van der Waals surface area contributed by atoms with Crippen LogP contribution in [0.5, 0.6) is 0 Å². The number of fused-ring (bicyclic) bond motifs is 1. The van der Waals surface area contributed by atoms with Crippen molar-refractivity contribution in [1.82, 2.24) is 15.5 Å². The highest BCUT2D eigenvalue weighted by Gasteiger charge is 2.21. The number of nitrogens with one attached hydrogen (secondary N) is 1. The van der Waals surface area contributed by atoms with Crippen LogP contribution >= 0.6 is 0 Å². The molecule has 0 saturated carbocycles. The first kappa shape index (κ1) is 17.5. The summed E-state index contributed by atoms with van der Waals surface area (Å²) in [6, 6.07) is 18.2. The Hall–Kier alpha value is -2.95. The molecule has 1 heterocycles. The van der Waals surface area contributed by atoms with E-state index < -0.39 is 0 Å². The monoisotopic (exact) mass is 361 g/mol. The summed E-state index contributed by atoms with van der Waals surface area (Å²) in [5.74, 6) is 1.18. The highest BCUT2D eigenvalue weighted by molar-refractivity contribution is 5.76. The van der Waals surface area contributed by atoms with Crippen LogP contribution in [-0.4, -0.2) is 16.1 Å². The normalized spacial score (nSPS) is 15.9. The molecular formula is C22H23N3O2. The number of hydrogen-bond acceptors (Lipinski definition) is 4. The molecule has 1 aliphatic rings. The Morgan fingerprint density at radius 1 is 1.07 bits per heavy atom. The van der Waals surface area contributed by atoms with E-state index in [4.69, 9.17) is 4.42 Å². The third-order valence-corrected chi connectivity index (χ3v) is 4.99. The Labute approximate surface area is 158 Å². The predicted molar refractivity (Wildman–Crippen MR) is 103 cm³/mol. The minimum absolute atomic E-state index is 0.0829. The number of aryl methyl sites for hydroxylation is 2. The zero-order valence-corrected chi connectivity index (χ0v) is 15.2. The maximum atomic E-state index is 12.4. The van der Waals surface area contributed by atoms with Gasteiger partial charge in [-0.05, 0) is 48.9 Å². The highest BCUT2D eigenvalue weighted by atomic mass is 16.4. The second-order valence-electron chi connectivity index (χ2n) is 6.93. The number of carbonyl (C=O) groups is 1. The van der Waals surface area contributed by atoms with Crippen molar-refractivity contribution in [2.24, 2.45) is 0 Å². The van der Waals surface area contributed by atoms with Gasteiger partial charge in [-0.1, -0.05) is 42.5 Å². The number of carbonyl (C=O) groups excluding carboxylic acids is 1. The molecule has 1 atom stereocenters. The van der Waals surface area contributed by atoms with Crippen molar-refractivity contribution in [3.05, 3.63) is 71.6 Å². The van der Waals surface area contributed by atoms with E-state index in [2.05, 4.69) is 33.7 Å².